The Morgan fingerprint density at radius 1 is 1.26 bits per heavy atom. The number of rotatable bonds is 7. The molecule has 0 aromatic carbocycles. The topological polar surface area (TPSA) is 108 Å². The summed E-state index contributed by atoms with van der Waals surface area (Å²) in [6.07, 6.45) is 6.74. The first-order chi connectivity index (χ1) is 12.8. The number of hydrogen-bond donors (Lipinski definition) is 2. The van der Waals surface area contributed by atoms with E-state index in [2.05, 4.69) is 15.0 Å². The maximum absolute atomic E-state index is 12.2. The molecule has 1 aliphatic carbocycles. The molecule has 2 heterocycles. The molecule has 2 amide bonds. The summed E-state index contributed by atoms with van der Waals surface area (Å²) in [7, 11) is -3.39. The van der Waals surface area contributed by atoms with Crippen LogP contribution in [-0.2, 0) is 14.8 Å². The van der Waals surface area contributed by atoms with Crippen LogP contribution in [0.5, 0.6) is 0 Å². The van der Waals surface area contributed by atoms with Gasteiger partial charge in [0.05, 0.1) is 18.4 Å². The second-order valence-electron chi connectivity index (χ2n) is 7.40. The van der Waals surface area contributed by atoms with Gasteiger partial charge in [-0.15, -0.1) is 0 Å². The molecule has 2 aliphatic rings. The van der Waals surface area contributed by atoms with Gasteiger partial charge in [0.15, 0.2) is 0 Å². The maximum Gasteiger partial charge on any atom is 0.252 e. The highest BCUT2D eigenvalue weighted by Crippen LogP contribution is 2.28. The molecule has 1 aromatic heterocycles. The predicted molar refractivity (Wildman–Crippen MR) is 101 cm³/mol. The molecule has 27 heavy (non-hydrogen) atoms. The van der Waals surface area contributed by atoms with Crippen LogP contribution in [0.4, 0.5) is 0 Å². The fourth-order valence-electron chi connectivity index (χ4n) is 3.19. The summed E-state index contributed by atoms with van der Waals surface area (Å²) >= 11 is 0. The number of aromatic nitrogens is 1. The van der Waals surface area contributed by atoms with Gasteiger partial charge in [0.2, 0.25) is 15.9 Å². The monoisotopic (exact) mass is 394 g/mol. The van der Waals surface area contributed by atoms with Gasteiger partial charge < -0.3 is 10.2 Å². The fourth-order valence-corrected chi connectivity index (χ4v) is 3.58. The molecular formula is C18H26N4O4S. The quantitative estimate of drug-likeness (QED) is 0.699. The molecule has 1 aromatic rings. The smallest absolute Gasteiger partial charge is 0.252 e. The number of hydrogen-bond acceptors (Lipinski definition) is 5. The standard InChI is InChI=1S/C18H26N4O4S/c1-27(25,26)21-11-17(23)22-8-2-3-15(12-22)16-7-6-14(10-19-16)18(24)20-9-13-4-5-13/h6-7,10,13,15,21H,2-5,8-9,11-12H2,1H3,(H,20,24)/t15-/m1/s1. The Balaban J connectivity index is 1.55. The van der Waals surface area contributed by atoms with Gasteiger partial charge in [-0.05, 0) is 43.7 Å². The van der Waals surface area contributed by atoms with Gasteiger partial charge in [-0.25, -0.2) is 13.1 Å². The number of likely N-dealkylation sites (tertiary alicyclic amines) is 1. The van der Waals surface area contributed by atoms with E-state index in [1.165, 1.54) is 12.8 Å². The zero-order valence-electron chi connectivity index (χ0n) is 15.5. The first kappa shape index (κ1) is 19.8. The van der Waals surface area contributed by atoms with Crippen LogP contribution in [-0.4, -0.2) is 62.6 Å². The lowest BCUT2D eigenvalue weighted by atomic mass is 9.94. The van der Waals surface area contributed by atoms with E-state index in [4.69, 9.17) is 0 Å². The van der Waals surface area contributed by atoms with E-state index in [1.54, 1.807) is 17.2 Å². The summed E-state index contributed by atoms with van der Waals surface area (Å²) in [6, 6.07) is 3.62. The Hall–Kier alpha value is -2.00. The maximum atomic E-state index is 12.2. The van der Waals surface area contributed by atoms with Crippen molar-refractivity contribution in [2.75, 3.05) is 32.4 Å². The number of carbonyl (C=O) groups excluding carboxylic acids is 2. The number of piperidine rings is 1. The molecule has 9 heteroatoms. The van der Waals surface area contributed by atoms with Gasteiger partial charge in [0.25, 0.3) is 5.91 Å². The van der Waals surface area contributed by atoms with Gasteiger partial charge in [-0.2, -0.15) is 0 Å². The van der Waals surface area contributed by atoms with Crippen molar-refractivity contribution < 1.29 is 18.0 Å². The van der Waals surface area contributed by atoms with Crippen LogP contribution < -0.4 is 10.0 Å². The number of pyridine rings is 1. The highest BCUT2D eigenvalue weighted by atomic mass is 32.2. The van der Waals surface area contributed by atoms with Crippen LogP contribution in [0.1, 0.15) is 47.7 Å². The lowest BCUT2D eigenvalue weighted by Crippen LogP contribution is -2.44. The van der Waals surface area contributed by atoms with Crippen LogP contribution >= 0.6 is 0 Å². The van der Waals surface area contributed by atoms with Crippen molar-refractivity contribution in [3.8, 4) is 0 Å². The predicted octanol–water partition coefficient (Wildman–Crippen LogP) is 0.477. The van der Waals surface area contributed by atoms with Crippen LogP contribution in [0.25, 0.3) is 0 Å². The van der Waals surface area contributed by atoms with Crippen molar-refractivity contribution in [2.24, 2.45) is 5.92 Å². The Morgan fingerprint density at radius 2 is 2.04 bits per heavy atom. The zero-order valence-corrected chi connectivity index (χ0v) is 16.3. The number of nitrogens with one attached hydrogen (secondary N) is 2. The molecule has 148 valence electrons. The molecule has 0 bridgehead atoms. The second kappa shape index (κ2) is 8.35. The summed E-state index contributed by atoms with van der Waals surface area (Å²) in [5, 5.41) is 2.92. The van der Waals surface area contributed by atoms with Crippen LogP contribution in [0.2, 0.25) is 0 Å². The van der Waals surface area contributed by atoms with Crippen molar-refractivity contribution >= 4 is 21.8 Å². The Kier molecular flexibility index (Phi) is 6.11. The minimum absolute atomic E-state index is 0.0875. The molecule has 2 fully saturated rings. The minimum atomic E-state index is -3.39. The molecule has 3 rings (SSSR count). The molecule has 2 N–H and O–H groups in total. The summed E-state index contributed by atoms with van der Waals surface area (Å²) in [6.45, 7) is 1.62. The number of carbonyl (C=O) groups is 2. The number of sulfonamides is 1. The molecule has 1 aliphatic heterocycles. The fraction of sp³-hybridized carbons (Fsp3) is 0.611. The average Bonchev–Trinajstić information content (AvgIpc) is 3.48. The Bertz CT molecular complexity index is 790. The Labute approximate surface area is 159 Å². The van der Waals surface area contributed by atoms with Crippen molar-refractivity contribution in [3.63, 3.8) is 0 Å². The van der Waals surface area contributed by atoms with E-state index in [1.807, 2.05) is 6.07 Å². The molecule has 0 spiro atoms. The summed E-state index contributed by atoms with van der Waals surface area (Å²) < 4.78 is 24.5. The van der Waals surface area contributed by atoms with Gasteiger partial charge >= 0.3 is 0 Å². The van der Waals surface area contributed by atoms with E-state index >= 15 is 0 Å². The van der Waals surface area contributed by atoms with Crippen LogP contribution in [0.15, 0.2) is 18.3 Å². The summed E-state index contributed by atoms with van der Waals surface area (Å²) in [5.74, 6) is 0.378. The van der Waals surface area contributed by atoms with E-state index in [-0.39, 0.29) is 24.3 Å². The van der Waals surface area contributed by atoms with Gasteiger partial charge in [0.1, 0.15) is 0 Å². The van der Waals surface area contributed by atoms with Gasteiger partial charge in [-0.1, -0.05) is 0 Å². The lowest BCUT2D eigenvalue weighted by Gasteiger charge is -2.32. The van der Waals surface area contributed by atoms with Gasteiger partial charge in [0, 0.05) is 37.4 Å². The van der Waals surface area contributed by atoms with Crippen molar-refractivity contribution in [3.05, 3.63) is 29.6 Å². The largest absolute Gasteiger partial charge is 0.352 e. The highest BCUT2D eigenvalue weighted by molar-refractivity contribution is 7.88. The third kappa shape index (κ3) is 6.00. The molecule has 8 nitrogen and oxygen atoms in total. The first-order valence-corrected chi connectivity index (χ1v) is 11.2. The molecule has 0 unspecified atom stereocenters. The first-order valence-electron chi connectivity index (χ1n) is 9.28. The van der Waals surface area contributed by atoms with Crippen LogP contribution in [0, 0.1) is 5.92 Å². The highest BCUT2D eigenvalue weighted by Gasteiger charge is 2.26. The van der Waals surface area contributed by atoms with Crippen molar-refractivity contribution in [1.29, 1.82) is 0 Å². The van der Waals surface area contributed by atoms with Gasteiger partial charge in [-0.3, -0.25) is 14.6 Å². The van der Waals surface area contributed by atoms with E-state index in [0.29, 0.717) is 24.6 Å². The SMILES string of the molecule is CS(=O)(=O)NCC(=O)N1CCC[C@@H](c2ccc(C(=O)NCC3CC3)cn2)C1. The third-order valence-corrected chi connectivity index (χ3v) is 5.64. The zero-order chi connectivity index (χ0) is 19.4. The normalized spacial score (nSPS) is 20.3. The molecule has 0 radical (unpaired) electrons. The number of nitrogens with zero attached hydrogens (tertiary/aromatic N) is 2. The molecule has 1 saturated carbocycles. The van der Waals surface area contributed by atoms with E-state index in [0.717, 1.165) is 31.3 Å². The van der Waals surface area contributed by atoms with Crippen molar-refractivity contribution in [2.45, 2.75) is 31.6 Å². The lowest BCUT2D eigenvalue weighted by molar-refractivity contribution is -0.131. The second-order valence-corrected chi connectivity index (χ2v) is 9.23. The summed E-state index contributed by atoms with van der Waals surface area (Å²) in [4.78, 5) is 30.4. The number of amides is 2. The molecule has 1 atom stereocenters. The summed E-state index contributed by atoms with van der Waals surface area (Å²) in [5.41, 5.74) is 1.39. The minimum Gasteiger partial charge on any atom is -0.352 e. The average molecular weight is 394 g/mol. The third-order valence-electron chi connectivity index (χ3n) is 4.97. The van der Waals surface area contributed by atoms with Crippen molar-refractivity contribution in [1.82, 2.24) is 19.9 Å². The van der Waals surface area contributed by atoms with E-state index < -0.39 is 10.0 Å². The molecule has 1 saturated heterocycles. The van der Waals surface area contributed by atoms with Crippen LogP contribution in [0.3, 0.4) is 0 Å². The Morgan fingerprint density at radius 3 is 2.67 bits per heavy atom. The van der Waals surface area contributed by atoms with E-state index in [9.17, 15) is 18.0 Å². The molecular weight excluding hydrogens is 368 g/mol.